The van der Waals surface area contributed by atoms with Crippen molar-refractivity contribution in [2.45, 2.75) is 13.0 Å². The summed E-state index contributed by atoms with van der Waals surface area (Å²) in [6.45, 7) is 0.787. The number of nitrogens with zero attached hydrogens (tertiary/aromatic N) is 1. The van der Waals surface area contributed by atoms with Crippen molar-refractivity contribution in [2.75, 3.05) is 42.1 Å². The molecular weight excluding hydrogens is 358 g/mol. The summed E-state index contributed by atoms with van der Waals surface area (Å²) in [5.74, 6) is 2.73. The molecule has 0 aromatic heterocycles. The molecule has 2 aromatic carbocycles. The molecule has 0 fully saturated rings. The van der Waals surface area contributed by atoms with Gasteiger partial charge in [0, 0.05) is 31.5 Å². The number of aliphatic hydroxyl groups excluding tert-OH is 1. The van der Waals surface area contributed by atoms with Gasteiger partial charge in [-0.15, -0.1) is 0 Å². The van der Waals surface area contributed by atoms with E-state index in [1.165, 1.54) is 0 Å². The number of rotatable bonds is 7. The maximum absolute atomic E-state index is 9.55. The Morgan fingerprint density at radius 3 is 2.04 bits per heavy atom. The largest absolute Gasteiger partial charge is 0.493 e. The second-order valence-electron chi connectivity index (χ2n) is 6.63. The number of hydrogen-bond donors (Lipinski definition) is 1. The van der Waals surface area contributed by atoms with Gasteiger partial charge in [-0.25, -0.2) is 0 Å². The zero-order valence-corrected chi connectivity index (χ0v) is 17.0. The van der Waals surface area contributed by atoms with Crippen molar-refractivity contribution in [2.24, 2.45) is 0 Å². The van der Waals surface area contributed by atoms with Crippen LogP contribution in [0.1, 0.15) is 22.3 Å². The molecule has 1 aliphatic rings. The van der Waals surface area contributed by atoms with Gasteiger partial charge in [0.2, 0.25) is 0 Å². The number of ether oxygens (including phenoxy) is 4. The molecule has 0 radical (unpaired) electrons. The Labute approximate surface area is 165 Å². The molecule has 1 N–H and O–H groups in total. The molecule has 0 amide bonds. The van der Waals surface area contributed by atoms with Crippen LogP contribution in [0.4, 0.5) is 0 Å². The fourth-order valence-electron chi connectivity index (χ4n) is 3.58. The quantitative estimate of drug-likeness (QED) is 0.790. The minimum Gasteiger partial charge on any atom is -0.493 e. The van der Waals surface area contributed by atoms with Crippen molar-refractivity contribution in [3.63, 3.8) is 0 Å². The van der Waals surface area contributed by atoms with Gasteiger partial charge in [0.05, 0.1) is 28.4 Å². The highest BCUT2D eigenvalue weighted by Gasteiger charge is 2.22. The van der Waals surface area contributed by atoms with Gasteiger partial charge in [-0.05, 0) is 53.5 Å². The monoisotopic (exact) mass is 385 g/mol. The number of fused-ring (bicyclic) bond motifs is 1. The minimum atomic E-state index is 0.0566. The molecule has 0 spiro atoms. The highest BCUT2D eigenvalue weighted by molar-refractivity contribution is 5.85. The molecule has 3 rings (SSSR count). The van der Waals surface area contributed by atoms with Crippen LogP contribution in [0.5, 0.6) is 23.0 Å². The van der Waals surface area contributed by atoms with Crippen LogP contribution in [0.2, 0.25) is 0 Å². The Morgan fingerprint density at radius 2 is 1.43 bits per heavy atom. The molecule has 28 heavy (non-hydrogen) atoms. The Balaban J connectivity index is 2.16. The van der Waals surface area contributed by atoms with E-state index < -0.39 is 0 Å². The summed E-state index contributed by atoms with van der Waals surface area (Å²) < 4.78 is 21.8. The van der Waals surface area contributed by atoms with Gasteiger partial charge in [0.1, 0.15) is 0 Å². The number of hydrogen-bond acceptors (Lipinski definition) is 6. The van der Waals surface area contributed by atoms with Crippen LogP contribution in [0, 0.1) is 0 Å². The van der Waals surface area contributed by atoms with Gasteiger partial charge in [-0.2, -0.15) is 0 Å². The van der Waals surface area contributed by atoms with E-state index in [9.17, 15) is 5.11 Å². The molecule has 0 unspecified atom stereocenters. The van der Waals surface area contributed by atoms with Gasteiger partial charge in [0.15, 0.2) is 23.0 Å². The molecule has 0 saturated heterocycles. The first-order valence-electron chi connectivity index (χ1n) is 9.10. The molecule has 0 saturated carbocycles. The summed E-state index contributed by atoms with van der Waals surface area (Å²) in [6.07, 6.45) is 2.66. The van der Waals surface area contributed by atoms with Crippen LogP contribution in [-0.4, -0.2) is 52.1 Å². The average Bonchev–Trinajstić information content (AvgIpc) is 2.72. The van der Waals surface area contributed by atoms with E-state index in [-0.39, 0.29) is 6.61 Å². The zero-order chi connectivity index (χ0) is 20.3. The number of methoxy groups -OCH3 is 4. The number of benzene rings is 2. The van der Waals surface area contributed by atoms with Gasteiger partial charge in [-0.3, -0.25) is 0 Å². The molecule has 1 heterocycles. The van der Waals surface area contributed by atoms with E-state index in [0.29, 0.717) is 23.7 Å². The molecule has 1 aliphatic heterocycles. The van der Waals surface area contributed by atoms with Crippen molar-refractivity contribution in [1.29, 1.82) is 0 Å². The maximum atomic E-state index is 9.55. The van der Waals surface area contributed by atoms with Crippen molar-refractivity contribution in [3.05, 3.63) is 46.5 Å². The average molecular weight is 385 g/mol. The summed E-state index contributed by atoms with van der Waals surface area (Å²) in [6, 6.07) is 7.91. The predicted octanol–water partition coefficient (Wildman–Crippen LogP) is 3.20. The molecule has 6 heteroatoms. The first kappa shape index (κ1) is 19.9. The van der Waals surface area contributed by atoms with Gasteiger partial charge >= 0.3 is 0 Å². The lowest BCUT2D eigenvalue weighted by molar-refractivity contribution is 0.298. The van der Waals surface area contributed by atoms with Crippen molar-refractivity contribution >= 4 is 11.8 Å². The van der Waals surface area contributed by atoms with Crippen molar-refractivity contribution < 1.29 is 24.1 Å². The lowest BCUT2D eigenvalue weighted by Crippen LogP contribution is -2.21. The zero-order valence-electron chi connectivity index (χ0n) is 17.0. The second kappa shape index (κ2) is 8.44. The molecule has 6 nitrogen and oxygen atoms in total. The molecule has 0 aliphatic carbocycles. The van der Waals surface area contributed by atoms with E-state index in [0.717, 1.165) is 40.2 Å². The first-order chi connectivity index (χ1) is 13.6. The topological polar surface area (TPSA) is 60.4 Å². The highest BCUT2D eigenvalue weighted by atomic mass is 16.5. The van der Waals surface area contributed by atoms with Crippen LogP contribution >= 0.6 is 0 Å². The van der Waals surface area contributed by atoms with Crippen molar-refractivity contribution in [3.8, 4) is 23.0 Å². The van der Waals surface area contributed by atoms with Gasteiger partial charge < -0.3 is 29.0 Å². The third-order valence-corrected chi connectivity index (χ3v) is 5.02. The SMILES string of the molecule is COc1cc2c(cc1OC)CN(C)C(c1cc(OC)c(OC)cc1CCO)=C2. The van der Waals surface area contributed by atoms with E-state index in [4.69, 9.17) is 18.9 Å². The fourth-order valence-corrected chi connectivity index (χ4v) is 3.58. The van der Waals surface area contributed by atoms with E-state index in [2.05, 4.69) is 11.0 Å². The Kier molecular flexibility index (Phi) is 5.99. The van der Waals surface area contributed by atoms with Crippen LogP contribution in [0.25, 0.3) is 11.8 Å². The summed E-state index contributed by atoms with van der Waals surface area (Å²) in [5, 5.41) is 9.55. The minimum absolute atomic E-state index is 0.0566. The number of aliphatic hydroxyl groups is 1. The van der Waals surface area contributed by atoms with E-state index in [1.807, 2.05) is 31.3 Å². The summed E-state index contributed by atoms with van der Waals surface area (Å²) in [4.78, 5) is 2.18. The first-order valence-corrected chi connectivity index (χ1v) is 9.10. The normalized spacial score (nSPS) is 12.9. The fraction of sp³-hybridized carbons (Fsp3) is 0.364. The van der Waals surface area contributed by atoms with Crippen molar-refractivity contribution in [1.82, 2.24) is 4.90 Å². The summed E-state index contributed by atoms with van der Waals surface area (Å²) in [7, 11) is 8.56. The molecule has 0 atom stereocenters. The summed E-state index contributed by atoms with van der Waals surface area (Å²) >= 11 is 0. The Morgan fingerprint density at radius 1 is 0.857 bits per heavy atom. The second-order valence-corrected chi connectivity index (χ2v) is 6.63. The van der Waals surface area contributed by atoms with E-state index in [1.54, 1.807) is 28.4 Å². The van der Waals surface area contributed by atoms with Crippen LogP contribution in [0.3, 0.4) is 0 Å². The third kappa shape index (κ3) is 3.60. The molecule has 150 valence electrons. The summed E-state index contributed by atoms with van der Waals surface area (Å²) in [5.41, 5.74) is 5.30. The molecular formula is C22H27NO5. The van der Waals surface area contributed by atoms with Crippen LogP contribution in [0.15, 0.2) is 24.3 Å². The molecule has 2 aromatic rings. The predicted molar refractivity (Wildman–Crippen MR) is 109 cm³/mol. The standard InChI is InChI=1S/C22H27NO5/c1-23-13-16-11-21(27-4)20(26-3)10-15(16)8-18(23)17-12-22(28-5)19(25-2)9-14(17)6-7-24/h8-12,24H,6-7,13H2,1-5H3. The lowest BCUT2D eigenvalue weighted by atomic mass is 9.94. The smallest absolute Gasteiger partial charge is 0.161 e. The maximum Gasteiger partial charge on any atom is 0.161 e. The highest BCUT2D eigenvalue weighted by Crippen LogP contribution is 2.40. The Hall–Kier alpha value is -2.86. The van der Waals surface area contributed by atoms with Crippen LogP contribution in [-0.2, 0) is 13.0 Å². The van der Waals surface area contributed by atoms with E-state index >= 15 is 0 Å². The Bertz CT molecular complexity index is 891. The van der Waals surface area contributed by atoms with Gasteiger partial charge in [-0.1, -0.05) is 0 Å². The van der Waals surface area contributed by atoms with Crippen LogP contribution < -0.4 is 18.9 Å². The lowest BCUT2D eigenvalue weighted by Gasteiger charge is -2.30. The van der Waals surface area contributed by atoms with Gasteiger partial charge in [0.25, 0.3) is 0 Å². The molecule has 0 bridgehead atoms. The third-order valence-electron chi connectivity index (χ3n) is 5.02.